The number of carbonyl (C=O) groups excluding carboxylic acids is 1. The number of hydrogen-bond donors (Lipinski definition) is 0. The van der Waals surface area contributed by atoms with Crippen LogP contribution in [0.5, 0.6) is 5.75 Å². The molecule has 13 nitrogen and oxygen atoms in total. The molecule has 34 heavy (non-hydrogen) atoms. The summed E-state index contributed by atoms with van der Waals surface area (Å²) in [5.41, 5.74) is 0.742. The van der Waals surface area contributed by atoms with Gasteiger partial charge in [-0.05, 0) is 42.3 Å². The van der Waals surface area contributed by atoms with Crippen LogP contribution < -0.4 is 9.64 Å². The van der Waals surface area contributed by atoms with Crippen molar-refractivity contribution in [1.29, 1.82) is 0 Å². The normalized spacial score (nSPS) is 14.3. The predicted molar refractivity (Wildman–Crippen MR) is 120 cm³/mol. The Morgan fingerprint density at radius 1 is 1.18 bits per heavy atom. The Bertz CT molecular complexity index is 1220. The van der Waals surface area contributed by atoms with Crippen molar-refractivity contribution < 1.29 is 14.3 Å². The number of hydrogen-bond acceptors (Lipinski definition) is 12. The van der Waals surface area contributed by atoms with Gasteiger partial charge in [0, 0.05) is 13.1 Å². The molecule has 14 heteroatoms. The minimum atomic E-state index is -0.323. The number of thiazole rings is 1. The molecule has 4 aromatic heterocycles. The first-order chi connectivity index (χ1) is 16.7. The van der Waals surface area contributed by atoms with Crippen LogP contribution in [-0.2, 0) is 11.3 Å². The third kappa shape index (κ3) is 4.85. The van der Waals surface area contributed by atoms with Crippen LogP contribution in [0.15, 0.2) is 37.1 Å². The molecule has 1 saturated heterocycles. The lowest BCUT2D eigenvalue weighted by atomic mass is 10.1. The fourth-order valence-corrected chi connectivity index (χ4v) is 4.43. The monoisotopic (exact) mass is 482 g/mol. The second kappa shape index (κ2) is 9.91. The van der Waals surface area contributed by atoms with Crippen LogP contribution in [0.25, 0.3) is 5.82 Å². The molecule has 0 aromatic carbocycles. The molecule has 0 spiro atoms. The summed E-state index contributed by atoms with van der Waals surface area (Å²) in [6.45, 7) is 4.06. The van der Waals surface area contributed by atoms with Gasteiger partial charge in [-0.3, -0.25) is 0 Å². The Labute approximate surface area is 198 Å². The van der Waals surface area contributed by atoms with Crippen LogP contribution in [0.2, 0.25) is 0 Å². The molecule has 1 aliphatic heterocycles. The van der Waals surface area contributed by atoms with Crippen molar-refractivity contribution in [3.05, 3.63) is 47.6 Å². The van der Waals surface area contributed by atoms with E-state index in [1.54, 1.807) is 42.4 Å². The van der Waals surface area contributed by atoms with Crippen molar-refractivity contribution in [2.45, 2.75) is 32.4 Å². The average Bonchev–Trinajstić information content (AvgIpc) is 3.65. The van der Waals surface area contributed by atoms with Crippen LogP contribution >= 0.6 is 11.3 Å². The van der Waals surface area contributed by atoms with Crippen molar-refractivity contribution in [2.24, 2.45) is 0 Å². The Kier molecular flexibility index (Phi) is 6.38. The summed E-state index contributed by atoms with van der Waals surface area (Å²) in [4.78, 5) is 25.0. The van der Waals surface area contributed by atoms with Gasteiger partial charge in [0.05, 0.1) is 31.2 Å². The smallest absolute Gasteiger partial charge is 0.350 e. The van der Waals surface area contributed by atoms with Gasteiger partial charge in [-0.1, -0.05) is 11.3 Å². The fraction of sp³-hybridized carbons (Fsp3) is 0.400. The second-order valence-corrected chi connectivity index (χ2v) is 8.51. The van der Waals surface area contributed by atoms with E-state index in [0.717, 1.165) is 36.8 Å². The average molecular weight is 483 g/mol. The zero-order valence-electron chi connectivity index (χ0n) is 18.4. The molecule has 0 amide bonds. The molecule has 0 unspecified atom stereocenters. The number of tetrazole rings is 1. The Morgan fingerprint density at radius 2 is 2.06 bits per heavy atom. The number of rotatable bonds is 8. The molecule has 5 rings (SSSR count). The van der Waals surface area contributed by atoms with Crippen LogP contribution in [0, 0.1) is 0 Å². The molecule has 0 bridgehead atoms. The van der Waals surface area contributed by atoms with Crippen LogP contribution in [0.1, 0.15) is 41.2 Å². The first-order valence-electron chi connectivity index (χ1n) is 10.8. The van der Waals surface area contributed by atoms with Gasteiger partial charge < -0.3 is 14.4 Å². The van der Waals surface area contributed by atoms with E-state index in [2.05, 4.69) is 40.6 Å². The summed E-state index contributed by atoms with van der Waals surface area (Å²) in [6, 6.07) is 3.77. The molecule has 1 fully saturated rings. The van der Waals surface area contributed by atoms with Crippen LogP contribution in [-0.4, -0.2) is 70.8 Å². The SMILES string of the molecule is CCOC(=O)c1cnc(N2CCC(n3ncc(COc4ccc(-n5cnnn5)nc4)n3)CC2)s1. The molecule has 0 saturated carbocycles. The van der Waals surface area contributed by atoms with E-state index in [1.807, 2.05) is 0 Å². The van der Waals surface area contributed by atoms with E-state index in [1.165, 1.54) is 22.3 Å². The lowest BCUT2D eigenvalue weighted by molar-refractivity contribution is 0.0532. The maximum atomic E-state index is 11.9. The van der Waals surface area contributed by atoms with E-state index < -0.39 is 0 Å². The Hall–Kier alpha value is -3.94. The minimum absolute atomic E-state index is 0.201. The van der Waals surface area contributed by atoms with Crippen LogP contribution in [0.4, 0.5) is 5.13 Å². The number of ether oxygens (including phenoxy) is 2. The third-order valence-corrected chi connectivity index (χ3v) is 6.32. The Morgan fingerprint density at radius 3 is 2.79 bits per heavy atom. The number of piperidine rings is 1. The number of esters is 1. The van der Waals surface area contributed by atoms with Gasteiger partial charge in [0.25, 0.3) is 0 Å². The minimum Gasteiger partial charge on any atom is -0.486 e. The summed E-state index contributed by atoms with van der Waals surface area (Å²) in [5, 5.41) is 20.8. The number of nitrogens with zero attached hydrogens (tertiary/aromatic N) is 10. The molecule has 0 N–H and O–H groups in total. The van der Waals surface area contributed by atoms with Gasteiger partial charge in [0.1, 0.15) is 29.3 Å². The van der Waals surface area contributed by atoms with Gasteiger partial charge >= 0.3 is 5.97 Å². The van der Waals surface area contributed by atoms with E-state index >= 15 is 0 Å². The van der Waals surface area contributed by atoms with Gasteiger partial charge in [0.2, 0.25) is 0 Å². The highest BCUT2D eigenvalue weighted by atomic mass is 32.1. The van der Waals surface area contributed by atoms with E-state index in [-0.39, 0.29) is 12.0 Å². The second-order valence-electron chi connectivity index (χ2n) is 7.50. The summed E-state index contributed by atoms with van der Waals surface area (Å²) in [5.74, 6) is 0.894. The zero-order chi connectivity index (χ0) is 23.3. The summed E-state index contributed by atoms with van der Waals surface area (Å²) < 4.78 is 12.3. The van der Waals surface area contributed by atoms with E-state index in [4.69, 9.17) is 9.47 Å². The van der Waals surface area contributed by atoms with Gasteiger partial charge in [-0.2, -0.15) is 19.7 Å². The first kappa shape index (κ1) is 21.9. The van der Waals surface area contributed by atoms with E-state index in [9.17, 15) is 4.79 Å². The lowest BCUT2D eigenvalue weighted by Crippen LogP contribution is -2.35. The number of carbonyl (C=O) groups is 1. The third-order valence-electron chi connectivity index (χ3n) is 5.28. The maximum Gasteiger partial charge on any atom is 0.350 e. The predicted octanol–water partition coefficient (Wildman–Crippen LogP) is 1.70. The largest absolute Gasteiger partial charge is 0.486 e. The first-order valence-corrected chi connectivity index (χ1v) is 11.6. The summed E-state index contributed by atoms with van der Waals surface area (Å²) >= 11 is 1.36. The van der Waals surface area contributed by atoms with Crippen molar-refractivity contribution >= 4 is 22.4 Å². The molecule has 0 aliphatic carbocycles. The number of aromatic nitrogens is 9. The topological polar surface area (TPSA) is 139 Å². The molecule has 5 heterocycles. The highest BCUT2D eigenvalue weighted by Gasteiger charge is 2.25. The van der Waals surface area contributed by atoms with E-state index in [0.29, 0.717) is 29.7 Å². The standard InChI is InChI=1S/C20H22N10O3S/c1-2-32-19(31)17-11-22-20(34-17)28-7-5-15(6-8-28)30-24-9-14(25-30)12-33-16-3-4-18(21-10-16)29-13-23-26-27-29/h3-4,9-11,13,15H,2,5-8,12H2,1H3. The molecule has 0 atom stereocenters. The Balaban J connectivity index is 1.12. The molecule has 0 radical (unpaired) electrons. The highest BCUT2D eigenvalue weighted by molar-refractivity contribution is 7.17. The van der Waals surface area contributed by atoms with Gasteiger partial charge in [0.15, 0.2) is 10.9 Å². The van der Waals surface area contributed by atoms with Crippen LogP contribution in [0.3, 0.4) is 0 Å². The number of pyridine rings is 1. The van der Waals surface area contributed by atoms with Crippen molar-refractivity contribution in [3.63, 3.8) is 0 Å². The molecule has 1 aliphatic rings. The molecule has 176 valence electrons. The maximum absolute atomic E-state index is 11.9. The van der Waals surface area contributed by atoms with Crippen molar-refractivity contribution in [3.8, 4) is 11.6 Å². The summed E-state index contributed by atoms with van der Waals surface area (Å²) in [6.07, 6.45) is 8.16. The van der Waals surface area contributed by atoms with Crippen molar-refractivity contribution in [1.82, 2.24) is 45.2 Å². The zero-order valence-corrected chi connectivity index (χ0v) is 19.2. The number of anilines is 1. The van der Waals surface area contributed by atoms with Gasteiger partial charge in [-0.15, -0.1) is 5.10 Å². The fourth-order valence-electron chi connectivity index (χ4n) is 3.56. The molecule has 4 aromatic rings. The summed E-state index contributed by atoms with van der Waals surface area (Å²) in [7, 11) is 0. The quantitative estimate of drug-likeness (QED) is 0.339. The van der Waals surface area contributed by atoms with Gasteiger partial charge in [-0.25, -0.2) is 14.8 Å². The molecular weight excluding hydrogens is 460 g/mol. The lowest BCUT2D eigenvalue weighted by Gasteiger charge is -2.31. The highest BCUT2D eigenvalue weighted by Crippen LogP contribution is 2.29. The molecular formula is C20H22N10O3S. The van der Waals surface area contributed by atoms with Crippen molar-refractivity contribution in [2.75, 3.05) is 24.6 Å².